The van der Waals surface area contributed by atoms with Crippen LogP contribution in [0, 0.1) is 18.2 Å². The van der Waals surface area contributed by atoms with Crippen LogP contribution in [0.2, 0.25) is 0 Å². The van der Waals surface area contributed by atoms with Crippen molar-refractivity contribution in [1.29, 1.82) is 0 Å². The number of rotatable bonds is 2. The SMILES string of the molecule is Cc1cc2c(cc1F)nc(C(C)Cl)n2CC(C)(C)C. The quantitative estimate of drug-likeness (QED) is 0.722. The second kappa shape index (κ2) is 4.78. The van der Waals surface area contributed by atoms with E-state index in [4.69, 9.17) is 11.6 Å². The molecular weight excluding hydrogens is 263 g/mol. The molecule has 0 fully saturated rings. The molecule has 1 atom stereocenters. The zero-order chi connectivity index (χ0) is 14.4. The molecule has 1 aromatic heterocycles. The molecule has 0 bridgehead atoms. The van der Waals surface area contributed by atoms with Crippen LogP contribution in [0.25, 0.3) is 11.0 Å². The normalized spacial score (nSPS) is 14.1. The van der Waals surface area contributed by atoms with Gasteiger partial charge in [-0.05, 0) is 30.9 Å². The van der Waals surface area contributed by atoms with Crippen LogP contribution >= 0.6 is 11.6 Å². The summed E-state index contributed by atoms with van der Waals surface area (Å²) in [6.45, 7) is 11.0. The first-order chi connectivity index (χ1) is 8.69. The second-order valence-corrected chi connectivity index (χ2v) is 6.98. The number of aryl methyl sites for hydroxylation is 1. The molecule has 0 N–H and O–H groups in total. The first-order valence-corrected chi connectivity index (χ1v) is 6.93. The van der Waals surface area contributed by atoms with Crippen LogP contribution in [0.3, 0.4) is 0 Å². The van der Waals surface area contributed by atoms with Crippen LogP contribution in [-0.4, -0.2) is 9.55 Å². The fourth-order valence-corrected chi connectivity index (χ4v) is 2.38. The van der Waals surface area contributed by atoms with E-state index in [9.17, 15) is 4.39 Å². The number of nitrogens with zero attached hydrogens (tertiary/aromatic N) is 2. The van der Waals surface area contributed by atoms with Gasteiger partial charge < -0.3 is 4.57 Å². The molecular formula is C15H20ClFN2. The Hall–Kier alpha value is -1.09. The highest BCUT2D eigenvalue weighted by atomic mass is 35.5. The predicted octanol–water partition coefficient (Wildman–Crippen LogP) is 4.83. The van der Waals surface area contributed by atoms with Gasteiger partial charge >= 0.3 is 0 Å². The van der Waals surface area contributed by atoms with Crippen molar-refractivity contribution in [3.63, 3.8) is 0 Å². The number of halogens is 2. The summed E-state index contributed by atoms with van der Waals surface area (Å²) in [5.74, 6) is 0.582. The molecule has 1 heterocycles. The third-order valence-electron chi connectivity index (χ3n) is 3.05. The maximum Gasteiger partial charge on any atom is 0.128 e. The van der Waals surface area contributed by atoms with Crippen LogP contribution in [0.15, 0.2) is 12.1 Å². The highest BCUT2D eigenvalue weighted by Crippen LogP contribution is 2.29. The molecule has 0 radical (unpaired) electrons. The molecule has 1 aromatic carbocycles. The summed E-state index contributed by atoms with van der Waals surface area (Å²) in [7, 11) is 0. The average Bonchev–Trinajstić information content (AvgIpc) is 2.56. The summed E-state index contributed by atoms with van der Waals surface area (Å²) in [5.41, 5.74) is 2.37. The van der Waals surface area contributed by atoms with Gasteiger partial charge in [0.2, 0.25) is 0 Å². The third kappa shape index (κ3) is 2.92. The van der Waals surface area contributed by atoms with Crippen molar-refractivity contribution < 1.29 is 4.39 Å². The molecule has 2 nitrogen and oxygen atoms in total. The van der Waals surface area contributed by atoms with E-state index in [0.717, 1.165) is 17.9 Å². The molecule has 0 spiro atoms. The van der Waals surface area contributed by atoms with E-state index in [1.165, 1.54) is 6.07 Å². The zero-order valence-electron chi connectivity index (χ0n) is 12.1. The van der Waals surface area contributed by atoms with E-state index in [1.54, 1.807) is 6.92 Å². The van der Waals surface area contributed by atoms with Crippen LogP contribution in [0.4, 0.5) is 4.39 Å². The minimum absolute atomic E-state index is 0.108. The fourth-order valence-electron chi connectivity index (χ4n) is 2.21. The standard InChI is InChI=1S/C15H20ClFN2/c1-9-6-13-12(7-11(9)17)18-14(10(2)16)19(13)8-15(3,4)5/h6-7,10H,8H2,1-5H3. The Labute approximate surface area is 118 Å². The molecule has 0 saturated carbocycles. The molecule has 19 heavy (non-hydrogen) atoms. The highest BCUT2D eigenvalue weighted by Gasteiger charge is 2.20. The van der Waals surface area contributed by atoms with Crippen LogP contribution in [0.5, 0.6) is 0 Å². The number of imidazole rings is 1. The third-order valence-corrected chi connectivity index (χ3v) is 3.24. The van der Waals surface area contributed by atoms with Crippen LogP contribution in [-0.2, 0) is 6.54 Å². The van der Waals surface area contributed by atoms with Gasteiger partial charge in [-0.2, -0.15) is 0 Å². The van der Waals surface area contributed by atoms with Gasteiger partial charge in [-0.15, -0.1) is 11.6 Å². The number of alkyl halides is 1. The van der Waals surface area contributed by atoms with Crippen molar-refractivity contribution >= 4 is 22.6 Å². The first-order valence-electron chi connectivity index (χ1n) is 6.49. The largest absolute Gasteiger partial charge is 0.326 e. The molecule has 0 saturated heterocycles. The Morgan fingerprint density at radius 2 is 2.00 bits per heavy atom. The summed E-state index contributed by atoms with van der Waals surface area (Å²) in [6.07, 6.45) is 0. The second-order valence-electron chi connectivity index (χ2n) is 6.32. The van der Waals surface area contributed by atoms with Crippen LogP contribution < -0.4 is 0 Å². The van der Waals surface area contributed by atoms with Gasteiger partial charge in [0.1, 0.15) is 11.6 Å². The minimum atomic E-state index is -0.221. The van der Waals surface area contributed by atoms with Crippen molar-refractivity contribution in [3.05, 3.63) is 29.3 Å². The van der Waals surface area contributed by atoms with E-state index in [2.05, 4.69) is 30.3 Å². The van der Waals surface area contributed by atoms with E-state index < -0.39 is 0 Å². The maximum atomic E-state index is 13.6. The lowest BCUT2D eigenvalue weighted by molar-refractivity contribution is 0.343. The molecule has 1 unspecified atom stereocenters. The molecule has 0 aliphatic heterocycles. The Morgan fingerprint density at radius 3 is 2.53 bits per heavy atom. The lowest BCUT2D eigenvalue weighted by Crippen LogP contribution is -2.17. The number of fused-ring (bicyclic) bond motifs is 1. The maximum absolute atomic E-state index is 13.6. The molecule has 2 aromatic rings. The molecule has 2 rings (SSSR count). The number of hydrogen-bond acceptors (Lipinski definition) is 1. The van der Waals surface area contributed by atoms with Gasteiger partial charge in [0.15, 0.2) is 0 Å². The van der Waals surface area contributed by atoms with Crippen molar-refractivity contribution in [2.45, 2.75) is 46.5 Å². The predicted molar refractivity (Wildman–Crippen MR) is 78.2 cm³/mol. The summed E-state index contributed by atoms with van der Waals surface area (Å²) < 4.78 is 15.8. The van der Waals surface area contributed by atoms with E-state index >= 15 is 0 Å². The van der Waals surface area contributed by atoms with E-state index in [1.807, 2.05) is 13.0 Å². The van der Waals surface area contributed by atoms with Gasteiger partial charge in [0.05, 0.1) is 16.4 Å². The average molecular weight is 283 g/mol. The summed E-state index contributed by atoms with van der Waals surface area (Å²) >= 11 is 6.21. The molecule has 0 amide bonds. The number of aromatic nitrogens is 2. The molecule has 104 valence electrons. The monoisotopic (exact) mass is 282 g/mol. The van der Waals surface area contributed by atoms with Crippen molar-refractivity contribution in [2.24, 2.45) is 5.41 Å². The summed E-state index contributed by atoms with van der Waals surface area (Å²) in [5, 5.41) is -0.196. The number of hydrogen-bond donors (Lipinski definition) is 0. The van der Waals surface area contributed by atoms with E-state index in [-0.39, 0.29) is 16.6 Å². The summed E-state index contributed by atoms with van der Waals surface area (Å²) in [6, 6.07) is 3.35. The topological polar surface area (TPSA) is 17.8 Å². The summed E-state index contributed by atoms with van der Waals surface area (Å²) in [4.78, 5) is 4.49. The zero-order valence-corrected chi connectivity index (χ0v) is 12.8. The number of benzene rings is 1. The van der Waals surface area contributed by atoms with Crippen molar-refractivity contribution in [3.8, 4) is 0 Å². The Balaban J connectivity index is 2.69. The van der Waals surface area contributed by atoms with Gasteiger partial charge in [-0.3, -0.25) is 0 Å². The van der Waals surface area contributed by atoms with Gasteiger partial charge in [0, 0.05) is 12.6 Å². The lowest BCUT2D eigenvalue weighted by atomic mass is 9.96. The van der Waals surface area contributed by atoms with Gasteiger partial charge in [-0.25, -0.2) is 9.37 Å². The first kappa shape index (κ1) is 14.3. The van der Waals surface area contributed by atoms with E-state index in [0.29, 0.717) is 11.1 Å². The Kier molecular flexibility index (Phi) is 3.61. The van der Waals surface area contributed by atoms with Gasteiger partial charge in [-0.1, -0.05) is 20.8 Å². The smallest absolute Gasteiger partial charge is 0.128 e. The Bertz CT molecular complexity index is 609. The van der Waals surface area contributed by atoms with Crippen LogP contribution in [0.1, 0.15) is 44.5 Å². The Morgan fingerprint density at radius 1 is 1.37 bits per heavy atom. The highest BCUT2D eigenvalue weighted by molar-refractivity contribution is 6.20. The molecule has 4 heteroatoms. The lowest BCUT2D eigenvalue weighted by Gasteiger charge is -2.22. The van der Waals surface area contributed by atoms with Crippen molar-refractivity contribution in [2.75, 3.05) is 0 Å². The molecule has 0 aliphatic rings. The van der Waals surface area contributed by atoms with Gasteiger partial charge in [0.25, 0.3) is 0 Å². The molecule has 0 aliphatic carbocycles. The van der Waals surface area contributed by atoms with Crippen molar-refractivity contribution in [1.82, 2.24) is 9.55 Å². The fraction of sp³-hybridized carbons (Fsp3) is 0.533. The minimum Gasteiger partial charge on any atom is -0.326 e.